The van der Waals surface area contributed by atoms with E-state index in [0.29, 0.717) is 23.4 Å². The molecule has 0 aromatic heterocycles. The first-order valence-corrected chi connectivity index (χ1v) is 16.9. The highest BCUT2D eigenvalue weighted by atomic mass is 28.3. The van der Waals surface area contributed by atoms with Gasteiger partial charge in [-0.25, -0.2) is 0 Å². The number of carbonyl (C=O) groups is 1. The zero-order chi connectivity index (χ0) is 21.7. The van der Waals surface area contributed by atoms with E-state index in [2.05, 4.69) is 101 Å². The quantitative estimate of drug-likeness (QED) is 0.387. The summed E-state index contributed by atoms with van der Waals surface area (Å²) in [5.74, 6) is 0.505. The van der Waals surface area contributed by atoms with E-state index in [0.717, 1.165) is 6.42 Å². The number of benzene rings is 2. The average molecular weight is 427 g/mol. The van der Waals surface area contributed by atoms with Crippen molar-refractivity contribution in [3.05, 3.63) is 60.7 Å². The summed E-state index contributed by atoms with van der Waals surface area (Å²) in [6.45, 7) is 14.6. The van der Waals surface area contributed by atoms with Crippen LogP contribution >= 0.6 is 0 Å². The van der Waals surface area contributed by atoms with E-state index in [-0.39, 0.29) is 5.97 Å². The van der Waals surface area contributed by atoms with Gasteiger partial charge in [-0.15, -0.1) is 0 Å². The van der Waals surface area contributed by atoms with Crippen molar-refractivity contribution in [3.63, 3.8) is 0 Å². The molecular weight excluding hydrogens is 388 g/mol. The SMILES string of the molecule is COC(=O)C[C@H](C[C@H](C(C)C)[Si](C)(C)c1ccccc1)[Si](C)(C)c1ccccc1. The summed E-state index contributed by atoms with van der Waals surface area (Å²) in [6.07, 6.45) is 1.61. The van der Waals surface area contributed by atoms with Gasteiger partial charge in [0, 0.05) is 6.42 Å². The first kappa shape index (κ1) is 23.6. The number of hydrogen-bond acceptors (Lipinski definition) is 2. The Balaban J connectivity index is 2.42. The van der Waals surface area contributed by atoms with Crippen molar-refractivity contribution in [1.29, 1.82) is 0 Å². The second-order valence-electron chi connectivity index (χ2n) is 9.74. The van der Waals surface area contributed by atoms with Crippen molar-refractivity contribution in [1.82, 2.24) is 0 Å². The maximum atomic E-state index is 12.4. The average Bonchev–Trinajstić information content (AvgIpc) is 2.71. The third-order valence-corrected chi connectivity index (χ3v) is 15.8. The number of rotatable bonds is 9. The molecule has 0 fully saturated rings. The van der Waals surface area contributed by atoms with Crippen LogP contribution in [0.25, 0.3) is 0 Å². The standard InChI is InChI=1S/C25H38O2Si2/c1-20(2)24(29(6,7)22-16-12-9-13-17-22)18-23(19-25(26)27-3)28(4,5)21-14-10-8-11-15-21/h8-17,20,23-24H,18-19H2,1-7H3/t23-,24+/m0/s1. The molecule has 0 saturated carbocycles. The lowest BCUT2D eigenvalue weighted by atomic mass is 10.0. The third kappa shape index (κ3) is 5.70. The summed E-state index contributed by atoms with van der Waals surface area (Å²) in [5, 5.41) is 2.94. The van der Waals surface area contributed by atoms with Crippen molar-refractivity contribution < 1.29 is 9.53 Å². The predicted octanol–water partition coefficient (Wildman–Crippen LogP) is 5.57. The largest absolute Gasteiger partial charge is 0.469 e. The lowest BCUT2D eigenvalue weighted by molar-refractivity contribution is -0.140. The van der Waals surface area contributed by atoms with Crippen molar-refractivity contribution in [3.8, 4) is 0 Å². The highest BCUT2D eigenvalue weighted by Crippen LogP contribution is 2.42. The van der Waals surface area contributed by atoms with E-state index < -0.39 is 16.1 Å². The van der Waals surface area contributed by atoms with E-state index >= 15 is 0 Å². The normalized spacial score (nSPS) is 14.5. The lowest BCUT2D eigenvalue weighted by Gasteiger charge is -2.42. The molecule has 0 saturated heterocycles. The van der Waals surface area contributed by atoms with Gasteiger partial charge in [-0.2, -0.15) is 0 Å². The van der Waals surface area contributed by atoms with Gasteiger partial charge in [0.1, 0.15) is 0 Å². The summed E-state index contributed by atoms with van der Waals surface area (Å²) < 4.78 is 5.12. The van der Waals surface area contributed by atoms with Crippen molar-refractivity contribution in [2.24, 2.45) is 5.92 Å². The summed E-state index contributed by atoms with van der Waals surface area (Å²) >= 11 is 0. The van der Waals surface area contributed by atoms with E-state index in [4.69, 9.17) is 4.74 Å². The van der Waals surface area contributed by atoms with Gasteiger partial charge in [0.2, 0.25) is 0 Å². The van der Waals surface area contributed by atoms with E-state index in [9.17, 15) is 4.79 Å². The van der Waals surface area contributed by atoms with Gasteiger partial charge in [-0.3, -0.25) is 4.79 Å². The summed E-state index contributed by atoms with van der Waals surface area (Å²) in [5.41, 5.74) is 0.968. The molecule has 0 aliphatic rings. The van der Waals surface area contributed by atoms with Gasteiger partial charge in [0.15, 0.2) is 0 Å². The van der Waals surface area contributed by atoms with E-state index in [1.54, 1.807) is 0 Å². The van der Waals surface area contributed by atoms with Crippen LogP contribution in [0.15, 0.2) is 60.7 Å². The minimum Gasteiger partial charge on any atom is -0.469 e. The molecule has 2 rings (SSSR count). The number of ether oxygens (including phenoxy) is 1. The highest BCUT2D eigenvalue weighted by Gasteiger charge is 2.42. The third-order valence-electron chi connectivity index (χ3n) is 6.97. The summed E-state index contributed by atoms with van der Waals surface area (Å²) in [7, 11) is -2.05. The Morgan fingerprint density at radius 2 is 1.28 bits per heavy atom. The van der Waals surface area contributed by atoms with Gasteiger partial charge in [0.25, 0.3) is 0 Å². The van der Waals surface area contributed by atoms with Crippen molar-refractivity contribution in [2.45, 2.75) is 64.0 Å². The molecular formula is C25H38O2Si2. The molecule has 0 aliphatic heterocycles. The number of carbonyl (C=O) groups excluding carboxylic acids is 1. The Bertz CT molecular complexity index is 770. The lowest BCUT2D eigenvalue weighted by Crippen LogP contribution is -2.51. The van der Waals surface area contributed by atoms with Crippen LogP contribution in [0.1, 0.15) is 26.7 Å². The molecule has 0 N–H and O–H groups in total. The van der Waals surface area contributed by atoms with Gasteiger partial charge >= 0.3 is 5.97 Å². The first-order chi connectivity index (χ1) is 13.6. The molecule has 0 aliphatic carbocycles. The van der Waals surface area contributed by atoms with Crippen LogP contribution in [0.4, 0.5) is 0 Å². The van der Waals surface area contributed by atoms with E-state index in [1.807, 2.05) is 0 Å². The molecule has 0 unspecified atom stereocenters. The monoisotopic (exact) mass is 426 g/mol. The van der Waals surface area contributed by atoms with Gasteiger partial charge in [-0.05, 0) is 17.0 Å². The molecule has 0 bridgehead atoms. The fraction of sp³-hybridized carbons (Fsp3) is 0.480. The van der Waals surface area contributed by atoms with Crippen LogP contribution in [0.5, 0.6) is 0 Å². The Labute approximate surface area is 179 Å². The molecule has 0 heterocycles. The Morgan fingerprint density at radius 1 is 0.828 bits per heavy atom. The second kappa shape index (κ2) is 9.90. The fourth-order valence-electron chi connectivity index (χ4n) is 4.81. The maximum absolute atomic E-state index is 12.4. The van der Waals surface area contributed by atoms with Gasteiger partial charge in [-0.1, -0.05) is 117 Å². The fourth-order valence-corrected chi connectivity index (χ4v) is 12.1. The Morgan fingerprint density at radius 3 is 1.69 bits per heavy atom. The smallest absolute Gasteiger partial charge is 0.305 e. The number of esters is 1. The molecule has 2 aromatic carbocycles. The van der Waals surface area contributed by atoms with Crippen molar-refractivity contribution >= 4 is 32.5 Å². The molecule has 158 valence electrons. The first-order valence-electron chi connectivity index (χ1n) is 10.8. The summed E-state index contributed by atoms with van der Waals surface area (Å²) in [6, 6.07) is 21.9. The molecule has 0 spiro atoms. The molecule has 4 heteroatoms. The maximum Gasteiger partial charge on any atom is 0.305 e. The van der Waals surface area contributed by atoms with Crippen LogP contribution in [0.2, 0.25) is 37.3 Å². The Kier molecular flexibility index (Phi) is 8.06. The van der Waals surface area contributed by atoms with Crippen LogP contribution in [-0.2, 0) is 9.53 Å². The predicted molar refractivity (Wildman–Crippen MR) is 131 cm³/mol. The van der Waals surface area contributed by atoms with Crippen LogP contribution in [0.3, 0.4) is 0 Å². The molecule has 29 heavy (non-hydrogen) atoms. The van der Waals surface area contributed by atoms with E-state index in [1.165, 1.54) is 17.5 Å². The summed E-state index contributed by atoms with van der Waals surface area (Å²) in [4.78, 5) is 12.4. The minimum atomic E-state index is -1.85. The van der Waals surface area contributed by atoms with Crippen LogP contribution in [-0.4, -0.2) is 29.2 Å². The minimum absolute atomic E-state index is 0.0757. The molecule has 2 aromatic rings. The number of hydrogen-bond donors (Lipinski definition) is 0. The molecule has 0 radical (unpaired) electrons. The molecule has 2 nitrogen and oxygen atoms in total. The molecule has 2 atom stereocenters. The van der Waals surface area contributed by atoms with Crippen LogP contribution < -0.4 is 10.4 Å². The van der Waals surface area contributed by atoms with Gasteiger partial charge < -0.3 is 4.74 Å². The van der Waals surface area contributed by atoms with Crippen LogP contribution in [0, 0.1) is 5.92 Å². The molecule has 0 amide bonds. The second-order valence-corrected chi connectivity index (χ2v) is 19.3. The van der Waals surface area contributed by atoms with Gasteiger partial charge in [0.05, 0.1) is 23.3 Å². The topological polar surface area (TPSA) is 26.3 Å². The van der Waals surface area contributed by atoms with Crippen molar-refractivity contribution in [2.75, 3.05) is 7.11 Å². The highest BCUT2D eigenvalue weighted by molar-refractivity contribution is 6.92. The zero-order valence-corrected chi connectivity index (χ0v) is 21.2. The zero-order valence-electron chi connectivity index (χ0n) is 19.2. The Hall–Kier alpha value is -1.66. The number of methoxy groups -OCH3 is 1.